The van der Waals surface area contributed by atoms with Crippen molar-refractivity contribution in [2.75, 3.05) is 7.11 Å². The van der Waals surface area contributed by atoms with Crippen LogP contribution in [0.5, 0.6) is 0 Å². The fraction of sp³-hybridized carbons (Fsp3) is 0.400. The number of pyridine rings is 1. The molecule has 6 heteroatoms. The normalized spacial score (nSPS) is 10.6. The van der Waals surface area contributed by atoms with Crippen LogP contribution in [-0.2, 0) is 10.6 Å². The van der Waals surface area contributed by atoms with Gasteiger partial charge in [-0.25, -0.2) is 13.6 Å². The summed E-state index contributed by atoms with van der Waals surface area (Å²) in [6, 6.07) is 0. The first-order chi connectivity index (χ1) is 7.52. The summed E-state index contributed by atoms with van der Waals surface area (Å²) in [6.07, 6.45) is -1.48. The number of hydrogen-bond acceptors (Lipinski definition) is 3. The van der Waals surface area contributed by atoms with Crippen LogP contribution in [-0.4, -0.2) is 18.1 Å². The van der Waals surface area contributed by atoms with Crippen LogP contribution in [0.2, 0.25) is 0 Å². The van der Waals surface area contributed by atoms with Gasteiger partial charge in [-0.3, -0.25) is 4.98 Å². The standard InChI is InChI=1S/C10H10ClF2NO2/c1-5-7(9(12)13)8(10(15)16-2)6(3-11)4-14-5/h4,9H,3H2,1-2H3. The molecule has 88 valence electrons. The molecule has 0 aliphatic rings. The topological polar surface area (TPSA) is 39.2 Å². The van der Waals surface area contributed by atoms with Crippen molar-refractivity contribution in [2.45, 2.75) is 19.2 Å². The third-order valence-corrected chi connectivity index (χ3v) is 2.43. The van der Waals surface area contributed by atoms with Gasteiger partial charge < -0.3 is 4.74 Å². The zero-order valence-electron chi connectivity index (χ0n) is 8.76. The first kappa shape index (κ1) is 12.8. The van der Waals surface area contributed by atoms with Crippen LogP contribution < -0.4 is 0 Å². The Morgan fingerprint density at radius 3 is 2.69 bits per heavy atom. The van der Waals surface area contributed by atoms with Gasteiger partial charge in [0.1, 0.15) is 0 Å². The molecule has 3 nitrogen and oxygen atoms in total. The zero-order chi connectivity index (χ0) is 12.3. The van der Waals surface area contributed by atoms with E-state index < -0.39 is 18.0 Å². The molecule has 1 heterocycles. The van der Waals surface area contributed by atoms with Gasteiger partial charge in [0, 0.05) is 23.3 Å². The lowest BCUT2D eigenvalue weighted by molar-refractivity contribution is 0.0587. The molecule has 1 aromatic rings. The summed E-state index contributed by atoms with van der Waals surface area (Å²) in [6.45, 7) is 1.41. The Kier molecular flexibility index (Phi) is 4.18. The van der Waals surface area contributed by atoms with Gasteiger partial charge in [0.25, 0.3) is 6.43 Å². The van der Waals surface area contributed by atoms with E-state index in [0.717, 1.165) is 7.11 Å². The number of alkyl halides is 3. The number of ether oxygens (including phenoxy) is 1. The quantitative estimate of drug-likeness (QED) is 0.611. The van der Waals surface area contributed by atoms with Gasteiger partial charge >= 0.3 is 5.97 Å². The van der Waals surface area contributed by atoms with E-state index >= 15 is 0 Å². The van der Waals surface area contributed by atoms with Crippen molar-refractivity contribution in [1.82, 2.24) is 4.98 Å². The van der Waals surface area contributed by atoms with Crippen molar-refractivity contribution >= 4 is 17.6 Å². The highest BCUT2D eigenvalue weighted by atomic mass is 35.5. The Bertz CT molecular complexity index is 410. The molecule has 0 aromatic carbocycles. The first-order valence-corrected chi connectivity index (χ1v) is 4.97. The van der Waals surface area contributed by atoms with E-state index in [9.17, 15) is 13.6 Å². The molecular formula is C10H10ClF2NO2. The lowest BCUT2D eigenvalue weighted by atomic mass is 10.0. The number of carbonyl (C=O) groups excluding carboxylic acids is 1. The van der Waals surface area contributed by atoms with Gasteiger partial charge in [-0.15, -0.1) is 11.6 Å². The van der Waals surface area contributed by atoms with Crippen molar-refractivity contribution in [3.63, 3.8) is 0 Å². The largest absolute Gasteiger partial charge is 0.465 e. The molecule has 0 saturated heterocycles. The molecule has 0 saturated carbocycles. The molecule has 0 amide bonds. The van der Waals surface area contributed by atoms with Crippen LogP contribution in [0.3, 0.4) is 0 Å². The van der Waals surface area contributed by atoms with Gasteiger partial charge in [-0.1, -0.05) is 0 Å². The van der Waals surface area contributed by atoms with E-state index in [4.69, 9.17) is 11.6 Å². The average Bonchev–Trinajstić information content (AvgIpc) is 2.27. The highest BCUT2D eigenvalue weighted by Gasteiger charge is 2.25. The summed E-state index contributed by atoms with van der Waals surface area (Å²) < 4.78 is 30.1. The second kappa shape index (κ2) is 5.21. The van der Waals surface area contributed by atoms with E-state index in [2.05, 4.69) is 9.72 Å². The van der Waals surface area contributed by atoms with Crippen LogP contribution in [0.15, 0.2) is 6.20 Å². The third-order valence-electron chi connectivity index (χ3n) is 2.15. The van der Waals surface area contributed by atoms with E-state index in [1.54, 1.807) is 0 Å². The van der Waals surface area contributed by atoms with Crippen LogP contribution in [0.1, 0.15) is 33.6 Å². The molecule has 0 aliphatic carbocycles. The Balaban J connectivity index is 3.48. The fourth-order valence-electron chi connectivity index (χ4n) is 1.37. The monoisotopic (exact) mass is 249 g/mol. The van der Waals surface area contributed by atoms with Crippen LogP contribution in [0, 0.1) is 6.92 Å². The third kappa shape index (κ3) is 2.29. The SMILES string of the molecule is COC(=O)c1c(CCl)cnc(C)c1C(F)F. The predicted molar refractivity (Wildman–Crippen MR) is 54.8 cm³/mol. The summed E-state index contributed by atoms with van der Waals surface area (Å²) in [7, 11) is 1.13. The molecule has 0 radical (unpaired) electrons. The van der Waals surface area contributed by atoms with E-state index in [1.165, 1.54) is 13.1 Å². The van der Waals surface area contributed by atoms with Crippen molar-refractivity contribution in [2.24, 2.45) is 0 Å². The molecule has 16 heavy (non-hydrogen) atoms. The predicted octanol–water partition coefficient (Wildman–Crippen LogP) is 2.85. The number of aryl methyl sites for hydroxylation is 1. The Morgan fingerprint density at radius 1 is 1.62 bits per heavy atom. The smallest absolute Gasteiger partial charge is 0.338 e. The molecule has 0 atom stereocenters. The number of nitrogens with zero attached hydrogens (tertiary/aromatic N) is 1. The minimum Gasteiger partial charge on any atom is -0.465 e. The van der Waals surface area contributed by atoms with Gasteiger partial charge in [0.15, 0.2) is 0 Å². The number of esters is 1. The number of halogens is 3. The molecule has 1 aromatic heterocycles. The second-order valence-corrected chi connectivity index (χ2v) is 3.35. The molecule has 0 fully saturated rings. The van der Waals surface area contributed by atoms with Gasteiger partial charge in [-0.2, -0.15) is 0 Å². The van der Waals surface area contributed by atoms with Crippen molar-refractivity contribution < 1.29 is 18.3 Å². The summed E-state index contributed by atoms with van der Waals surface area (Å²) in [5.41, 5.74) is -0.247. The zero-order valence-corrected chi connectivity index (χ0v) is 9.52. The molecule has 0 N–H and O–H groups in total. The molecule has 1 rings (SSSR count). The molecular weight excluding hydrogens is 240 g/mol. The lowest BCUT2D eigenvalue weighted by Crippen LogP contribution is -2.12. The lowest BCUT2D eigenvalue weighted by Gasteiger charge is -2.12. The van der Waals surface area contributed by atoms with Crippen molar-refractivity contribution in [1.29, 1.82) is 0 Å². The average molecular weight is 250 g/mol. The van der Waals surface area contributed by atoms with E-state index in [0.29, 0.717) is 0 Å². The van der Waals surface area contributed by atoms with Crippen molar-refractivity contribution in [3.8, 4) is 0 Å². The number of aromatic nitrogens is 1. The summed E-state index contributed by atoms with van der Waals surface area (Å²) >= 11 is 5.57. The highest BCUT2D eigenvalue weighted by Crippen LogP contribution is 2.28. The van der Waals surface area contributed by atoms with Crippen LogP contribution in [0.25, 0.3) is 0 Å². The molecule has 0 spiro atoms. The van der Waals surface area contributed by atoms with Crippen LogP contribution in [0.4, 0.5) is 8.78 Å². The number of hydrogen-bond donors (Lipinski definition) is 0. The Morgan fingerprint density at radius 2 is 2.25 bits per heavy atom. The van der Waals surface area contributed by atoms with Crippen LogP contribution >= 0.6 is 11.6 Å². The van der Waals surface area contributed by atoms with Gasteiger partial charge in [0.2, 0.25) is 0 Å². The molecule has 0 unspecified atom stereocenters. The van der Waals surface area contributed by atoms with Gasteiger partial charge in [0.05, 0.1) is 18.2 Å². The molecule has 0 aliphatic heterocycles. The minimum atomic E-state index is -2.79. The number of methoxy groups -OCH3 is 1. The van der Waals surface area contributed by atoms with E-state index in [-0.39, 0.29) is 22.7 Å². The Labute approximate surface area is 96.4 Å². The Hall–Kier alpha value is -1.23. The fourth-order valence-corrected chi connectivity index (χ4v) is 1.58. The summed E-state index contributed by atoms with van der Waals surface area (Å²) in [5, 5.41) is 0. The maximum atomic E-state index is 12.8. The maximum absolute atomic E-state index is 12.8. The number of carbonyl (C=O) groups is 1. The van der Waals surface area contributed by atoms with E-state index in [1.807, 2.05) is 0 Å². The highest BCUT2D eigenvalue weighted by molar-refractivity contribution is 6.17. The molecule has 0 bridgehead atoms. The van der Waals surface area contributed by atoms with Crippen molar-refractivity contribution in [3.05, 3.63) is 28.6 Å². The number of rotatable bonds is 3. The second-order valence-electron chi connectivity index (χ2n) is 3.08. The summed E-state index contributed by atoms with van der Waals surface area (Å²) in [5.74, 6) is -0.895. The van der Waals surface area contributed by atoms with Gasteiger partial charge in [-0.05, 0) is 6.92 Å². The summed E-state index contributed by atoms with van der Waals surface area (Å²) in [4.78, 5) is 15.2. The minimum absolute atomic E-state index is 0.0720. The first-order valence-electron chi connectivity index (χ1n) is 4.43. The maximum Gasteiger partial charge on any atom is 0.338 e.